The van der Waals surface area contributed by atoms with Crippen molar-refractivity contribution in [1.29, 1.82) is 5.26 Å². The molecule has 2 aromatic rings. The van der Waals surface area contributed by atoms with Gasteiger partial charge in [-0.1, -0.05) is 0 Å². The van der Waals surface area contributed by atoms with Crippen molar-refractivity contribution in [2.45, 2.75) is 18.7 Å². The first-order chi connectivity index (χ1) is 11.2. The molecular weight excluding hydrogens is 336 g/mol. The average Bonchev–Trinajstić information content (AvgIpc) is 2.49. The van der Waals surface area contributed by atoms with Crippen LogP contribution in [0.3, 0.4) is 0 Å². The molecular formula is C17H13F2NO3S. The number of allylic oxidation sites excluding steroid dienone is 1. The van der Waals surface area contributed by atoms with Gasteiger partial charge in [0, 0.05) is 6.07 Å². The van der Waals surface area contributed by atoms with Gasteiger partial charge in [0.15, 0.2) is 0 Å². The molecule has 0 atom stereocenters. The molecule has 0 spiro atoms. The smallest absolute Gasteiger partial charge is 0.219 e. The molecule has 0 amide bonds. The highest BCUT2D eigenvalue weighted by Crippen LogP contribution is 2.27. The lowest BCUT2D eigenvalue weighted by Gasteiger charge is -2.07. The van der Waals surface area contributed by atoms with E-state index in [1.807, 2.05) is 0 Å². The maximum Gasteiger partial charge on any atom is 0.219 e. The van der Waals surface area contributed by atoms with Gasteiger partial charge in [0.1, 0.15) is 33.3 Å². The fourth-order valence-corrected chi connectivity index (χ4v) is 3.42. The molecule has 4 nitrogen and oxygen atoms in total. The van der Waals surface area contributed by atoms with E-state index >= 15 is 0 Å². The van der Waals surface area contributed by atoms with Gasteiger partial charge in [0.05, 0.1) is 0 Å². The minimum absolute atomic E-state index is 0.0677. The number of sulfone groups is 1. The van der Waals surface area contributed by atoms with Crippen LogP contribution in [0.5, 0.6) is 5.75 Å². The van der Waals surface area contributed by atoms with E-state index in [0.29, 0.717) is 22.8 Å². The number of phenols is 1. The number of benzene rings is 2. The quantitative estimate of drug-likeness (QED) is 0.678. The van der Waals surface area contributed by atoms with Gasteiger partial charge in [-0.15, -0.1) is 0 Å². The number of hydrogen-bond acceptors (Lipinski definition) is 4. The van der Waals surface area contributed by atoms with Crippen LogP contribution in [0.15, 0.2) is 40.1 Å². The second-order valence-corrected chi connectivity index (χ2v) is 7.09. The van der Waals surface area contributed by atoms with Crippen LogP contribution in [0, 0.1) is 36.8 Å². The molecule has 0 saturated heterocycles. The second-order valence-electron chi connectivity index (χ2n) is 5.20. The highest BCUT2D eigenvalue weighted by molar-refractivity contribution is 7.95. The molecule has 0 radical (unpaired) electrons. The van der Waals surface area contributed by atoms with Crippen molar-refractivity contribution in [3.8, 4) is 11.8 Å². The SMILES string of the molecule is Cc1cc(C=C(C#N)S(=O)(=O)c2ccc(F)cc2F)cc(C)c1O. The Kier molecular flexibility index (Phi) is 4.71. The molecule has 0 unspecified atom stereocenters. The number of hydrogen-bond donors (Lipinski definition) is 1. The Morgan fingerprint density at radius 3 is 2.25 bits per heavy atom. The molecule has 7 heteroatoms. The number of nitrogens with zero attached hydrogens (tertiary/aromatic N) is 1. The zero-order valence-corrected chi connectivity index (χ0v) is 13.7. The van der Waals surface area contributed by atoms with Crippen molar-refractivity contribution in [3.05, 3.63) is 63.6 Å². The third-order valence-electron chi connectivity index (χ3n) is 3.39. The summed E-state index contributed by atoms with van der Waals surface area (Å²) in [5.41, 5.74) is 1.37. The first-order valence-electron chi connectivity index (χ1n) is 6.79. The van der Waals surface area contributed by atoms with Crippen LogP contribution in [0.4, 0.5) is 8.78 Å². The minimum Gasteiger partial charge on any atom is -0.507 e. The molecule has 2 rings (SSSR count). The van der Waals surface area contributed by atoms with Crippen molar-refractivity contribution >= 4 is 15.9 Å². The summed E-state index contributed by atoms with van der Waals surface area (Å²) in [7, 11) is -4.44. The molecule has 0 aliphatic rings. The van der Waals surface area contributed by atoms with Crippen LogP contribution in [-0.4, -0.2) is 13.5 Å². The Balaban J connectivity index is 2.61. The van der Waals surface area contributed by atoms with E-state index < -0.39 is 31.3 Å². The highest BCUT2D eigenvalue weighted by Gasteiger charge is 2.25. The fourth-order valence-electron chi connectivity index (χ4n) is 2.21. The van der Waals surface area contributed by atoms with Gasteiger partial charge in [-0.05, 0) is 60.9 Å². The lowest BCUT2D eigenvalue weighted by molar-refractivity contribution is 0.467. The van der Waals surface area contributed by atoms with Crippen molar-refractivity contribution in [2.24, 2.45) is 0 Å². The van der Waals surface area contributed by atoms with Crippen LogP contribution in [0.25, 0.3) is 6.08 Å². The Labute approximate surface area is 138 Å². The van der Waals surface area contributed by atoms with Crippen LogP contribution >= 0.6 is 0 Å². The summed E-state index contributed by atoms with van der Waals surface area (Å²) in [5.74, 6) is -2.12. The Bertz CT molecular complexity index is 966. The number of phenolic OH excluding ortho intramolecular Hbond substituents is 1. The van der Waals surface area contributed by atoms with Gasteiger partial charge in [-0.25, -0.2) is 17.2 Å². The number of aromatic hydroxyl groups is 1. The largest absolute Gasteiger partial charge is 0.507 e. The van der Waals surface area contributed by atoms with Gasteiger partial charge in [-0.2, -0.15) is 5.26 Å². The zero-order chi connectivity index (χ0) is 18.1. The fraction of sp³-hybridized carbons (Fsp3) is 0.118. The Hall–Kier alpha value is -2.72. The van der Waals surface area contributed by atoms with E-state index in [1.54, 1.807) is 13.8 Å². The van der Waals surface area contributed by atoms with Crippen LogP contribution in [-0.2, 0) is 9.84 Å². The van der Waals surface area contributed by atoms with Crippen molar-refractivity contribution in [2.75, 3.05) is 0 Å². The maximum absolute atomic E-state index is 13.8. The molecule has 2 aromatic carbocycles. The van der Waals surface area contributed by atoms with Gasteiger partial charge in [0.2, 0.25) is 9.84 Å². The highest BCUT2D eigenvalue weighted by atomic mass is 32.2. The van der Waals surface area contributed by atoms with Crippen LogP contribution in [0.1, 0.15) is 16.7 Å². The first-order valence-corrected chi connectivity index (χ1v) is 8.27. The second kappa shape index (κ2) is 6.42. The third-order valence-corrected chi connectivity index (χ3v) is 5.09. The van der Waals surface area contributed by atoms with E-state index in [-0.39, 0.29) is 5.75 Å². The molecule has 0 saturated carbocycles. The molecule has 0 fully saturated rings. The summed E-state index contributed by atoms with van der Waals surface area (Å²) in [5, 5.41) is 18.9. The summed E-state index contributed by atoms with van der Waals surface area (Å²) in [6.45, 7) is 3.25. The van der Waals surface area contributed by atoms with Gasteiger partial charge >= 0.3 is 0 Å². The van der Waals surface area contributed by atoms with E-state index in [0.717, 1.165) is 18.2 Å². The van der Waals surface area contributed by atoms with E-state index in [9.17, 15) is 27.6 Å². The monoisotopic (exact) mass is 349 g/mol. The molecule has 0 heterocycles. The summed E-state index contributed by atoms with van der Waals surface area (Å²) < 4.78 is 51.6. The normalized spacial score (nSPS) is 12.0. The number of halogens is 2. The summed E-state index contributed by atoms with van der Waals surface area (Å²) in [6, 6.07) is 6.55. The third kappa shape index (κ3) is 3.29. The standard InChI is InChI=1S/C17H13F2NO3S/c1-10-5-12(6-11(2)17(10)21)7-14(9-20)24(22,23)16-4-3-13(18)8-15(16)19/h3-8,21H,1-2H3. The molecule has 24 heavy (non-hydrogen) atoms. The van der Waals surface area contributed by atoms with Crippen LogP contribution in [0.2, 0.25) is 0 Å². The Morgan fingerprint density at radius 1 is 1.17 bits per heavy atom. The van der Waals surface area contributed by atoms with Crippen molar-refractivity contribution < 1.29 is 22.3 Å². The summed E-state index contributed by atoms with van der Waals surface area (Å²) in [4.78, 5) is -1.46. The van der Waals surface area contributed by atoms with Crippen molar-refractivity contribution in [1.82, 2.24) is 0 Å². The summed E-state index contributed by atoms with van der Waals surface area (Å²) in [6.07, 6.45) is 1.08. The molecule has 0 aliphatic heterocycles. The minimum atomic E-state index is -4.44. The van der Waals surface area contributed by atoms with Crippen LogP contribution < -0.4 is 0 Å². The van der Waals surface area contributed by atoms with E-state index in [2.05, 4.69) is 0 Å². The van der Waals surface area contributed by atoms with E-state index in [1.165, 1.54) is 18.2 Å². The predicted molar refractivity (Wildman–Crippen MR) is 84.7 cm³/mol. The molecule has 0 aromatic heterocycles. The predicted octanol–water partition coefficient (Wildman–Crippen LogP) is 3.63. The maximum atomic E-state index is 13.8. The first kappa shape index (κ1) is 17.6. The molecule has 124 valence electrons. The average molecular weight is 349 g/mol. The van der Waals surface area contributed by atoms with Gasteiger partial charge in [0.25, 0.3) is 0 Å². The molecule has 0 aliphatic carbocycles. The van der Waals surface area contributed by atoms with Gasteiger partial charge in [-0.3, -0.25) is 0 Å². The Morgan fingerprint density at radius 2 is 1.75 bits per heavy atom. The lowest BCUT2D eigenvalue weighted by atomic mass is 10.1. The van der Waals surface area contributed by atoms with E-state index in [4.69, 9.17) is 0 Å². The number of aryl methyl sites for hydroxylation is 2. The zero-order valence-electron chi connectivity index (χ0n) is 12.8. The number of rotatable bonds is 3. The lowest BCUT2D eigenvalue weighted by Crippen LogP contribution is -2.06. The molecule has 0 bridgehead atoms. The molecule has 1 N–H and O–H groups in total. The van der Waals surface area contributed by atoms with Gasteiger partial charge < -0.3 is 5.11 Å². The number of nitriles is 1. The topological polar surface area (TPSA) is 78.2 Å². The summed E-state index contributed by atoms with van der Waals surface area (Å²) >= 11 is 0. The van der Waals surface area contributed by atoms with Crippen molar-refractivity contribution in [3.63, 3.8) is 0 Å².